The lowest BCUT2D eigenvalue weighted by Gasteiger charge is -2.15. The summed E-state index contributed by atoms with van der Waals surface area (Å²) in [5, 5.41) is 0. The fourth-order valence-electron chi connectivity index (χ4n) is 3.45. The molecule has 1 aromatic carbocycles. The summed E-state index contributed by atoms with van der Waals surface area (Å²) in [6.45, 7) is 14.6. The van der Waals surface area contributed by atoms with Gasteiger partial charge in [0.1, 0.15) is 0 Å². The molecule has 0 amide bonds. The van der Waals surface area contributed by atoms with Crippen LogP contribution in [0.15, 0.2) is 53.5 Å². The number of nitrogens with zero attached hydrogens (tertiary/aromatic N) is 2. The van der Waals surface area contributed by atoms with Crippen molar-refractivity contribution < 1.29 is 0 Å². The summed E-state index contributed by atoms with van der Waals surface area (Å²) in [7, 11) is 0. The maximum atomic E-state index is 4.81. The first-order chi connectivity index (χ1) is 14.6. The Morgan fingerprint density at radius 2 is 1.77 bits per heavy atom. The Bertz CT molecular complexity index is 857. The molecule has 0 saturated heterocycles. The molecule has 0 aliphatic rings. The van der Waals surface area contributed by atoms with Crippen molar-refractivity contribution in [1.29, 1.82) is 0 Å². The lowest BCUT2D eigenvalue weighted by molar-refractivity contribution is 0.815. The monoisotopic (exact) mass is 404 g/mol. The number of hydrogen-bond acceptors (Lipinski definition) is 2. The average Bonchev–Trinajstić information content (AvgIpc) is 2.76. The minimum absolute atomic E-state index is 1.04. The number of unbranched alkanes of at least 4 members (excludes halogenated alkanes) is 2. The van der Waals surface area contributed by atoms with Crippen molar-refractivity contribution in [2.45, 2.75) is 80.6 Å². The van der Waals surface area contributed by atoms with Gasteiger partial charge >= 0.3 is 0 Å². The standard InChI is InChI=1S/C26H34N2.C2H6/c1-6-10-11-15-24(25-16-12-14-20(5)28-25)23(8-3)22-18-17-21(13-7-2)26(19-22)27-9-4;1-2/h8-9,12,14-19H,6-7,10-11,13H2,1-5H3;1-2H3/b23-8-,24-15+,27-9?;. The zero-order valence-electron chi connectivity index (χ0n) is 20.1. The summed E-state index contributed by atoms with van der Waals surface area (Å²) in [6, 6.07) is 13.0. The Morgan fingerprint density at radius 1 is 1.00 bits per heavy atom. The number of aromatic nitrogens is 1. The summed E-state index contributed by atoms with van der Waals surface area (Å²) in [5.74, 6) is 0. The Labute approximate surface area is 184 Å². The average molecular weight is 405 g/mol. The molecule has 2 aromatic rings. The fraction of sp³-hybridized carbons (Fsp3) is 0.429. The molecule has 0 bridgehead atoms. The van der Waals surface area contributed by atoms with Crippen LogP contribution in [0.5, 0.6) is 0 Å². The SMILES string of the molecule is CC.CC=Nc1cc(C(=C/C)/C(=C\CCCC)c2cccc(C)n2)ccc1CCC. The fourth-order valence-corrected chi connectivity index (χ4v) is 3.45. The van der Waals surface area contributed by atoms with E-state index in [1.165, 1.54) is 35.1 Å². The van der Waals surface area contributed by atoms with Crippen molar-refractivity contribution >= 4 is 23.0 Å². The van der Waals surface area contributed by atoms with Crippen LogP contribution in [0.2, 0.25) is 0 Å². The van der Waals surface area contributed by atoms with Crippen LogP contribution in [0.25, 0.3) is 11.1 Å². The molecule has 0 fully saturated rings. The maximum Gasteiger partial charge on any atom is 0.0708 e. The van der Waals surface area contributed by atoms with Gasteiger partial charge in [-0.15, -0.1) is 0 Å². The molecule has 0 spiro atoms. The van der Waals surface area contributed by atoms with Gasteiger partial charge in [-0.2, -0.15) is 0 Å². The van der Waals surface area contributed by atoms with Gasteiger partial charge in [0.05, 0.1) is 11.4 Å². The Hall–Kier alpha value is -2.48. The lowest BCUT2D eigenvalue weighted by Crippen LogP contribution is -1.97. The van der Waals surface area contributed by atoms with Gasteiger partial charge in [0.2, 0.25) is 0 Å². The molecule has 162 valence electrons. The molecule has 0 aliphatic heterocycles. The Kier molecular flexibility index (Phi) is 12.3. The van der Waals surface area contributed by atoms with Crippen LogP contribution >= 0.6 is 0 Å². The van der Waals surface area contributed by atoms with E-state index in [1.807, 2.05) is 27.0 Å². The third-order valence-electron chi connectivity index (χ3n) is 4.83. The quantitative estimate of drug-likeness (QED) is 0.233. The molecule has 0 saturated carbocycles. The lowest BCUT2D eigenvalue weighted by atomic mass is 9.92. The van der Waals surface area contributed by atoms with Gasteiger partial charge in [-0.3, -0.25) is 9.98 Å². The molecule has 30 heavy (non-hydrogen) atoms. The summed E-state index contributed by atoms with van der Waals surface area (Å²) < 4.78 is 0. The molecule has 1 aromatic heterocycles. The van der Waals surface area contributed by atoms with Crippen molar-refractivity contribution in [3.05, 3.63) is 71.1 Å². The topological polar surface area (TPSA) is 25.2 Å². The predicted molar refractivity (Wildman–Crippen MR) is 136 cm³/mol. The van der Waals surface area contributed by atoms with Gasteiger partial charge < -0.3 is 0 Å². The molecule has 2 heteroatoms. The van der Waals surface area contributed by atoms with Crippen molar-refractivity contribution in [3.8, 4) is 0 Å². The van der Waals surface area contributed by atoms with E-state index in [0.717, 1.165) is 36.3 Å². The largest absolute Gasteiger partial charge is 0.261 e. The molecule has 1 heterocycles. The molecular formula is C28H40N2. The van der Waals surface area contributed by atoms with Crippen molar-refractivity contribution in [3.63, 3.8) is 0 Å². The van der Waals surface area contributed by atoms with Gasteiger partial charge in [-0.25, -0.2) is 0 Å². The Morgan fingerprint density at radius 3 is 2.37 bits per heavy atom. The van der Waals surface area contributed by atoms with Gasteiger partial charge in [0, 0.05) is 17.5 Å². The van der Waals surface area contributed by atoms with Gasteiger partial charge in [-0.1, -0.05) is 77.3 Å². The van der Waals surface area contributed by atoms with E-state index in [9.17, 15) is 0 Å². The smallest absolute Gasteiger partial charge is 0.0708 e. The van der Waals surface area contributed by atoms with E-state index in [1.54, 1.807) is 0 Å². The third-order valence-corrected chi connectivity index (χ3v) is 4.83. The van der Waals surface area contributed by atoms with Crippen LogP contribution < -0.4 is 0 Å². The summed E-state index contributed by atoms with van der Waals surface area (Å²) in [6.07, 6.45) is 12.1. The molecule has 0 unspecified atom stereocenters. The second-order valence-electron chi connectivity index (χ2n) is 7.11. The second kappa shape index (κ2) is 14.5. The van der Waals surface area contributed by atoms with E-state index >= 15 is 0 Å². The minimum Gasteiger partial charge on any atom is -0.261 e. The first-order valence-electron chi connectivity index (χ1n) is 11.6. The molecular weight excluding hydrogens is 364 g/mol. The number of pyridine rings is 1. The highest BCUT2D eigenvalue weighted by Gasteiger charge is 2.13. The first-order valence-corrected chi connectivity index (χ1v) is 11.6. The first kappa shape index (κ1) is 25.6. The number of rotatable bonds is 9. The van der Waals surface area contributed by atoms with Crippen molar-refractivity contribution in [1.82, 2.24) is 4.98 Å². The van der Waals surface area contributed by atoms with Crippen LogP contribution in [0.1, 0.15) is 89.7 Å². The number of aliphatic imine (C=N–C) groups is 1. The Balaban J connectivity index is 0.00000218. The highest BCUT2D eigenvalue weighted by atomic mass is 14.7. The van der Waals surface area contributed by atoms with E-state index in [0.29, 0.717) is 0 Å². The number of hydrogen-bond donors (Lipinski definition) is 0. The summed E-state index contributed by atoms with van der Waals surface area (Å²) >= 11 is 0. The van der Waals surface area contributed by atoms with Crippen molar-refractivity contribution in [2.24, 2.45) is 4.99 Å². The number of allylic oxidation sites excluding steroid dienone is 4. The van der Waals surface area contributed by atoms with E-state index in [2.05, 4.69) is 81.2 Å². The van der Waals surface area contributed by atoms with Crippen LogP contribution in [0.4, 0.5) is 5.69 Å². The third kappa shape index (κ3) is 7.40. The number of benzene rings is 1. The number of aryl methyl sites for hydroxylation is 2. The van der Waals surface area contributed by atoms with Crippen LogP contribution in [-0.4, -0.2) is 11.2 Å². The normalized spacial score (nSPS) is 12.1. The van der Waals surface area contributed by atoms with Gasteiger partial charge in [0.25, 0.3) is 0 Å². The summed E-state index contributed by atoms with van der Waals surface area (Å²) in [4.78, 5) is 9.45. The van der Waals surface area contributed by atoms with Crippen LogP contribution in [-0.2, 0) is 6.42 Å². The molecule has 2 nitrogen and oxygen atoms in total. The highest BCUT2D eigenvalue weighted by Crippen LogP contribution is 2.34. The van der Waals surface area contributed by atoms with Crippen LogP contribution in [0.3, 0.4) is 0 Å². The molecule has 0 atom stereocenters. The highest BCUT2D eigenvalue weighted by molar-refractivity contribution is 6.04. The van der Waals surface area contributed by atoms with Crippen LogP contribution in [0, 0.1) is 6.92 Å². The van der Waals surface area contributed by atoms with E-state index in [4.69, 9.17) is 4.98 Å². The molecule has 0 radical (unpaired) electrons. The summed E-state index contributed by atoms with van der Waals surface area (Å²) in [5.41, 5.74) is 8.12. The van der Waals surface area contributed by atoms with Gasteiger partial charge in [0.15, 0.2) is 0 Å². The predicted octanol–water partition coefficient (Wildman–Crippen LogP) is 8.77. The maximum absolute atomic E-state index is 4.81. The molecule has 2 rings (SSSR count). The zero-order chi connectivity index (χ0) is 22.4. The second-order valence-corrected chi connectivity index (χ2v) is 7.11. The minimum atomic E-state index is 1.04. The van der Waals surface area contributed by atoms with Crippen molar-refractivity contribution in [2.75, 3.05) is 0 Å². The molecule has 0 N–H and O–H groups in total. The zero-order valence-corrected chi connectivity index (χ0v) is 20.1. The molecule has 0 aliphatic carbocycles. The van der Waals surface area contributed by atoms with Gasteiger partial charge in [-0.05, 0) is 68.5 Å². The van der Waals surface area contributed by atoms with E-state index in [-0.39, 0.29) is 0 Å². The van der Waals surface area contributed by atoms with E-state index < -0.39 is 0 Å².